The highest BCUT2D eigenvalue weighted by Gasteiger charge is 2.21. The van der Waals surface area contributed by atoms with Crippen LogP contribution >= 0.6 is 0 Å². The average molecular weight is 532 g/mol. The van der Waals surface area contributed by atoms with E-state index in [1.165, 1.54) is 19.3 Å². The van der Waals surface area contributed by atoms with E-state index in [9.17, 15) is 4.79 Å². The van der Waals surface area contributed by atoms with Gasteiger partial charge in [-0.05, 0) is 80.9 Å². The quantitative estimate of drug-likeness (QED) is 0.269. The molecule has 3 aromatic rings. The van der Waals surface area contributed by atoms with Crippen molar-refractivity contribution in [3.8, 4) is 17.0 Å². The first kappa shape index (κ1) is 28.8. The van der Waals surface area contributed by atoms with Crippen molar-refractivity contribution in [1.82, 2.24) is 24.4 Å². The van der Waals surface area contributed by atoms with Crippen LogP contribution in [0.3, 0.4) is 0 Å². The Kier molecular flexibility index (Phi) is 10.2. The minimum absolute atomic E-state index is 0.00533. The molecule has 0 atom stereocenters. The van der Waals surface area contributed by atoms with E-state index in [0.29, 0.717) is 23.2 Å². The number of benzene rings is 1. The molecule has 0 spiro atoms. The summed E-state index contributed by atoms with van der Waals surface area (Å²) < 4.78 is 7.16. The molecule has 4 rings (SSSR count). The van der Waals surface area contributed by atoms with Crippen LogP contribution in [-0.2, 0) is 0 Å². The molecule has 0 radical (unpaired) electrons. The van der Waals surface area contributed by atoms with Crippen molar-refractivity contribution >= 4 is 17.6 Å². The molecule has 1 amide bonds. The van der Waals surface area contributed by atoms with Crippen molar-refractivity contribution < 1.29 is 9.53 Å². The van der Waals surface area contributed by atoms with E-state index < -0.39 is 0 Å². The van der Waals surface area contributed by atoms with Gasteiger partial charge >= 0.3 is 0 Å². The van der Waals surface area contributed by atoms with E-state index in [4.69, 9.17) is 14.8 Å². The smallest absolute Gasteiger partial charge is 0.272 e. The van der Waals surface area contributed by atoms with Gasteiger partial charge in [-0.15, -0.1) is 0 Å². The highest BCUT2D eigenvalue weighted by molar-refractivity contribution is 5.93. The van der Waals surface area contributed by atoms with Gasteiger partial charge in [-0.1, -0.05) is 46.3 Å². The fourth-order valence-electron chi connectivity index (χ4n) is 4.95. The lowest BCUT2D eigenvalue weighted by Gasteiger charge is -2.24. The van der Waals surface area contributed by atoms with Crippen LogP contribution in [0.5, 0.6) is 5.75 Å². The lowest BCUT2D eigenvalue weighted by atomic mass is 10.1. The highest BCUT2D eigenvalue weighted by Crippen LogP contribution is 2.28. The molecule has 0 bridgehead atoms. The number of hydrogen-bond acceptors (Lipinski definition) is 5. The second-order valence-electron chi connectivity index (χ2n) is 11.5. The number of carbonyl (C=O) groups is 1. The van der Waals surface area contributed by atoms with Crippen LogP contribution in [-0.4, -0.2) is 70.1 Å². The molecule has 0 aliphatic carbocycles. The summed E-state index contributed by atoms with van der Waals surface area (Å²) in [7, 11) is 1.67. The maximum atomic E-state index is 13.7. The Labute approximate surface area is 233 Å². The van der Waals surface area contributed by atoms with E-state index in [2.05, 4.69) is 44.7 Å². The number of likely N-dealkylation sites (tertiary alicyclic amines) is 1. The minimum Gasteiger partial charge on any atom is -0.497 e. The second-order valence-corrected chi connectivity index (χ2v) is 11.5. The first-order valence-electron chi connectivity index (χ1n) is 14.6. The third-order valence-electron chi connectivity index (χ3n) is 7.44. The monoisotopic (exact) mass is 531 g/mol. The Hall–Kier alpha value is -3.19. The Bertz CT molecular complexity index is 1230. The number of ether oxygens (including phenoxy) is 1. The summed E-state index contributed by atoms with van der Waals surface area (Å²) in [6, 6.07) is 9.75. The number of fused-ring (bicyclic) bond motifs is 1. The molecule has 2 aromatic heterocycles. The summed E-state index contributed by atoms with van der Waals surface area (Å²) in [5.41, 5.74) is 3.95. The predicted molar refractivity (Wildman–Crippen MR) is 159 cm³/mol. The molecule has 1 aromatic carbocycles. The SMILES string of the molecule is COc1ccc(-c2nn3ccc(C(=O)N(CCC(C)C)CCC(C)C)nc3c2/C=C/CN2CCCCC2)cc1. The third kappa shape index (κ3) is 7.69. The number of rotatable bonds is 12. The summed E-state index contributed by atoms with van der Waals surface area (Å²) in [6.07, 6.45) is 12.0. The molecule has 1 aliphatic heterocycles. The zero-order valence-corrected chi connectivity index (χ0v) is 24.4. The molecule has 0 unspecified atom stereocenters. The second kappa shape index (κ2) is 13.7. The van der Waals surface area contributed by atoms with Crippen molar-refractivity contribution in [1.29, 1.82) is 0 Å². The maximum absolute atomic E-state index is 13.7. The fourth-order valence-corrected chi connectivity index (χ4v) is 4.95. The third-order valence-corrected chi connectivity index (χ3v) is 7.44. The van der Waals surface area contributed by atoms with Crippen molar-refractivity contribution in [2.45, 2.75) is 59.8 Å². The van der Waals surface area contributed by atoms with E-state index in [0.717, 1.165) is 68.1 Å². The number of aromatic nitrogens is 3. The highest BCUT2D eigenvalue weighted by atomic mass is 16.5. The van der Waals surface area contributed by atoms with Gasteiger partial charge in [-0.25, -0.2) is 9.50 Å². The number of amides is 1. The molecule has 1 aliphatic rings. The fraction of sp³-hybridized carbons (Fsp3) is 0.531. The molecule has 0 N–H and O–H groups in total. The largest absolute Gasteiger partial charge is 0.497 e. The van der Waals surface area contributed by atoms with Gasteiger partial charge in [0.05, 0.1) is 7.11 Å². The summed E-state index contributed by atoms with van der Waals surface area (Å²) in [4.78, 5) is 23.1. The Balaban J connectivity index is 1.69. The molecule has 3 heterocycles. The molecule has 1 saturated heterocycles. The summed E-state index contributed by atoms with van der Waals surface area (Å²) >= 11 is 0. The van der Waals surface area contributed by atoms with Crippen molar-refractivity contribution in [2.24, 2.45) is 11.8 Å². The van der Waals surface area contributed by atoms with Gasteiger partial charge in [0.1, 0.15) is 17.1 Å². The molecule has 39 heavy (non-hydrogen) atoms. The number of methoxy groups -OCH3 is 1. The van der Waals surface area contributed by atoms with Crippen LogP contribution in [0, 0.1) is 11.8 Å². The Morgan fingerprint density at radius 2 is 1.67 bits per heavy atom. The summed E-state index contributed by atoms with van der Waals surface area (Å²) in [5, 5.41) is 4.89. The number of piperidine rings is 1. The standard InChI is InChI=1S/C32H45N5O2/c1-24(2)15-21-36(22-16-25(3)4)32(38)29-17-23-37-31(33-29)28(10-9-20-35-18-7-6-8-19-35)30(34-37)26-11-13-27(39-5)14-12-26/h9-14,17,23-25H,6-8,15-16,18-22H2,1-5H3/b10-9+. The number of hydrogen-bond donors (Lipinski definition) is 0. The zero-order chi connectivity index (χ0) is 27.8. The van der Waals surface area contributed by atoms with Gasteiger partial charge in [-0.3, -0.25) is 9.69 Å². The molecule has 7 nitrogen and oxygen atoms in total. The van der Waals surface area contributed by atoms with Crippen molar-refractivity contribution in [2.75, 3.05) is 39.8 Å². The first-order valence-corrected chi connectivity index (χ1v) is 14.6. The van der Waals surface area contributed by atoms with Gasteiger partial charge in [0, 0.05) is 37.0 Å². The van der Waals surface area contributed by atoms with Crippen molar-refractivity contribution in [3.05, 3.63) is 53.9 Å². The van der Waals surface area contributed by atoms with Crippen molar-refractivity contribution in [3.63, 3.8) is 0 Å². The van der Waals surface area contributed by atoms with Crippen LogP contribution in [0.1, 0.15) is 75.9 Å². The van der Waals surface area contributed by atoms with E-state index in [1.54, 1.807) is 17.7 Å². The predicted octanol–water partition coefficient (Wildman–Crippen LogP) is 6.44. The number of nitrogens with zero attached hydrogens (tertiary/aromatic N) is 5. The van der Waals surface area contributed by atoms with E-state index in [-0.39, 0.29) is 5.91 Å². The average Bonchev–Trinajstić information content (AvgIpc) is 3.30. The normalized spacial score (nSPS) is 14.6. The van der Waals surface area contributed by atoms with E-state index >= 15 is 0 Å². The zero-order valence-electron chi connectivity index (χ0n) is 24.4. The van der Waals surface area contributed by atoms with Crippen LogP contribution < -0.4 is 4.74 Å². The van der Waals surface area contributed by atoms with Gasteiger partial charge < -0.3 is 9.64 Å². The topological polar surface area (TPSA) is 63.0 Å². The maximum Gasteiger partial charge on any atom is 0.272 e. The molecule has 0 saturated carbocycles. The molecule has 210 valence electrons. The van der Waals surface area contributed by atoms with Crippen LogP contribution in [0.4, 0.5) is 0 Å². The van der Waals surface area contributed by atoms with Gasteiger partial charge in [0.25, 0.3) is 5.91 Å². The molecular formula is C32H45N5O2. The van der Waals surface area contributed by atoms with Crippen LogP contribution in [0.25, 0.3) is 23.0 Å². The summed E-state index contributed by atoms with van der Waals surface area (Å²) in [6.45, 7) is 13.5. The molecular weight excluding hydrogens is 486 g/mol. The Morgan fingerprint density at radius 1 is 1.00 bits per heavy atom. The first-order chi connectivity index (χ1) is 18.9. The summed E-state index contributed by atoms with van der Waals surface area (Å²) in [5.74, 6) is 1.87. The lowest BCUT2D eigenvalue weighted by molar-refractivity contribution is 0.0735. The van der Waals surface area contributed by atoms with Gasteiger partial charge in [0.15, 0.2) is 5.65 Å². The van der Waals surface area contributed by atoms with Crippen LogP contribution in [0.15, 0.2) is 42.6 Å². The van der Waals surface area contributed by atoms with Gasteiger partial charge in [0.2, 0.25) is 0 Å². The Morgan fingerprint density at radius 3 is 2.28 bits per heavy atom. The van der Waals surface area contributed by atoms with Gasteiger partial charge in [-0.2, -0.15) is 5.10 Å². The van der Waals surface area contributed by atoms with E-state index in [1.807, 2.05) is 35.4 Å². The molecule has 7 heteroatoms. The lowest BCUT2D eigenvalue weighted by Crippen LogP contribution is -2.34. The number of carbonyl (C=O) groups excluding carboxylic acids is 1. The molecule has 1 fully saturated rings. The minimum atomic E-state index is -0.00533. The van der Waals surface area contributed by atoms with Crippen LogP contribution in [0.2, 0.25) is 0 Å².